The van der Waals surface area contributed by atoms with Crippen LogP contribution in [0.2, 0.25) is 0 Å². The lowest BCUT2D eigenvalue weighted by atomic mass is 10.2. The average molecular weight is 543 g/mol. The molecule has 0 unspecified atom stereocenters. The van der Waals surface area contributed by atoms with Gasteiger partial charge >= 0.3 is 5.97 Å². The van der Waals surface area contributed by atoms with E-state index in [1.165, 1.54) is 0 Å². The van der Waals surface area contributed by atoms with Crippen LogP contribution in [0.3, 0.4) is 0 Å². The molecule has 0 aromatic heterocycles. The van der Waals surface area contributed by atoms with E-state index in [4.69, 9.17) is 5.11 Å². The largest absolute Gasteiger partial charge is 0.478 e. The fraction of sp³-hybridized carbons (Fsp3) is 0. The van der Waals surface area contributed by atoms with E-state index in [9.17, 15) is 9.59 Å². The summed E-state index contributed by atoms with van der Waals surface area (Å²) in [4.78, 5) is 21.4. The summed E-state index contributed by atoms with van der Waals surface area (Å²) >= 11 is 5.94. The van der Waals surface area contributed by atoms with Crippen LogP contribution in [0.1, 0.15) is 10.4 Å². The fourth-order valence-corrected chi connectivity index (χ4v) is 5.12. The zero-order valence-corrected chi connectivity index (χ0v) is 13.5. The Labute approximate surface area is 127 Å². The van der Waals surface area contributed by atoms with Crippen LogP contribution in [-0.4, -0.2) is 17.5 Å². The van der Waals surface area contributed by atoms with Gasteiger partial charge in [-0.15, -0.1) is 0 Å². The van der Waals surface area contributed by atoms with Gasteiger partial charge in [0, 0.05) is 7.14 Å². The summed E-state index contributed by atoms with van der Waals surface area (Å²) < 4.78 is 2.02. The number of anilines is 1. The molecule has 0 fully saturated rings. The van der Waals surface area contributed by atoms with E-state index in [2.05, 4.69) is 27.9 Å². The van der Waals surface area contributed by atoms with Crippen molar-refractivity contribution in [3.8, 4) is 0 Å². The second-order valence-corrected chi connectivity index (χ2v) is 5.87. The van der Waals surface area contributed by atoms with E-state index in [1.54, 1.807) is 6.07 Å². The van der Waals surface area contributed by atoms with Gasteiger partial charge in [-0.3, -0.25) is 4.79 Å². The summed E-state index contributed by atoms with van der Waals surface area (Å²) in [6.45, 7) is 0. The number of carboxylic acid groups (broad SMARTS) is 1. The molecule has 1 aromatic rings. The van der Waals surface area contributed by atoms with E-state index >= 15 is 0 Å². The van der Waals surface area contributed by atoms with E-state index in [0.29, 0.717) is 19.2 Å². The normalized spacial score (nSPS) is 9.80. The van der Waals surface area contributed by atoms with Crippen molar-refractivity contribution in [1.29, 1.82) is 0 Å². The molecule has 0 aliphatic carbocycles. The van der Waals surface area contributed by atoms with Crippen molar-refractivity contribution in [2.45, 2.75) is 0 Å². The monoisotopic (exact) mass is 543 g/mol. The van der Waals surface area contributed by atoms with Gasteiger partial charge in [-0.1, -0.05) is 0 Å². The zero-order valence-electron chi connectivity index (χ0n) is 7.05. The zero-order chi connectivity index (χ0) is 11.6. The van der Waals surface area contributed by atoms with Gasteiger partial charge in [0.2, 0.25) is 6.41 Å². The lowest BCUT2D eigenvalue weighted by Crippen LogP contribution is -2.08. The van der Waals surface area contributed by atoms with E-state index in [0.717, 1.165) is 3.57 Å². The Balaban J connectivity index is 3.48. The van der Waals surface area contributed by atoms with E-state index in [1.807, 2.05) is 45.2 Å². The Hall–Kier alpha value is 0.350. The predicted molar refractivity (Wildman–Crippen MR) is 81.2 cm³/mol. The van der Waals surface area contributed by atoms with Crippen molar-refractivity contribution >= 4 is 85.8 Å². The lowest BCUT2D eigenvalue weighted by Gasteiger charge is -2.10. The molecule has 0 aliphatic rings. The molecule has 0 aliphatic heterocycles. The number of amides is 1. The quantitative estimate of drug-likeness (QED) is 0.456. The molecular formula is C8H4I3NO3. The first-order valence-electron chi connectivity index (χ1n) is 3.60. The van der Waals surface area contributed by atoms with Crippen molar-refractivity contribution in [2.75, 3.05) is 5.32 Å². The highest BCUT2D eigenvalue weighted by molar-refractivity contribution is 14.1. The molecule has 0 spiro atoms. The smallest absolute Gasteiger partial charge is 0.337 e. The van der Waals surface area contributed by atoms with Gasteiger partial charge in [-0.05, 0) is 73.8 Å². The second kappa shape index (κ2) is 5.61. The molecule has 0 radical (unpaired) electrons. The molecular weight excluding hydrogens is 539 g/mol. The number of benzene rings is 1. The number of carbonyl (C=O) groups is 2. The minimum absolute atomic E-state index is 0.223. The number of nitrogens with one attached hydrogen (secondary N) is 1. The van der Waals surface area contributed by atoms with Gasteiger partial charge in [0.1, 0.15) is 0 Å². The van der Waals surface area contributed by atoms with Crippen LogP contribution in [0, 0.1) is 10.7 Å². The van der Waals surface area contributed by atoms with Crippen LogP contribution in [0.25, 0.3) is 0 Å². The molecule has 4 nitrogen and oxygen atoms in total. The number of carboxylic acids is 1. The minimum Gasteiger partial charge on any atom is -0.478 e. The van der Waals surface area contributed by atoms with E-state index in [-0.39, 0.29) is 5.56 Å². The van der Waals surface area contributed by atoms with Crippen molar-refractivity contribution in [3.63, 3.8) is 0 Å². The van der Waals surface area contributed by atoms with Crippen LogP contribution in [0.4, 0.5) is 5.69 Å². The summed E-state index contributed by atoms with van der Waals surface area (Å²) in [6, 6.07) is 1.72. The van der Waals surface area contributed by atoms with Crippen molar-refractivity contribution in [3.05, 3.63) is 22.3 Å². The first-order valence-corrected chi connectivity index (χ1v) is 6.83. The van der Waals surface area contributed by atoms with Gasteiger partial charge in [0.25, 0.3) is 0 Å². The lowest BCUT2D eigenvalue weighted by molar-refractivity contribution is -0.105. The first-order chi connectivity index (χ1) is 6.99. The average Bonchev–Trinajstić information content (AvgIpc) is 2.11. The molecule has 2 N–H and O–H groups in total. The summed E-state index contributed by atoms with van der Waals surface area (Å²) in [6.07, 6.45) is 0.540. The third-order valence-electron chi connectivity index (χ3n) is 1.59. The molecule has 1 amide bonds. The molecule has 15 heavy (non-hydrogen) atoms. The SMILES string of the molecule is O=CNc1c(I)cc(I)c(C(=O)O)c1I. The van der Waals surface area contributed by atoms with Crippen LogP contribution < -0.4 is 5.32 Å². The van der Waals surface area contributed by atoms with Crippen LogP contribution in [0.15, 0.2) is 6.07 Å². The summed E-state index contributed by atoms with van der Waals surface area (Å²) in [5.74, 6) is -0.992. The van der Waals surface area contributed by atoms with Crippen LogP contribution in [-0.2, 0) is 4.79 Å². The standard InChI is InChI=1S/C8H4I3NO3/c9-3-1-4(10)7(12-2-13)6(11)5(3)8(14)15/h1-2H,(H,12,13)(H,14,15). The summed E-state index contributed by atoms with van der Waals surface area (Å²) in [5, 5.41) is 11.5. The maximum atomic E-state index is 11.0. The first kappa shape index (κ1) is 13.4. The summed E-state index contributed by atoms with van der Waals surface area (Å²) in [5.41, 5.74) is 0.769. The Kier molecular flexibility index (Phi) is 5.02. The number of hydrogen-bond donors (Lipinski definition) is 2. The molecule has 7 heteroatoms. The maximum absolute atomic E-state index is 11.0. The van der Waals surface area contributed by atoms with Gasteiger partial charge in [-0.2, -0.15) is 0 Å². The Morgan fingerprint density at radius 1 is 1.33 bits per heavy atom. The Morgan fingerprint density at radius 2 is 1.93 bits per heavy atom. The summed E-state index contributed by atoms with van der Waals surface area (Å²) in [7, 11) is 0. The highest BCUT2D eigenvalue weighted by atomic mass is 127. The van der Waals surface area contributed by atoms with Gasteiger partial charge in [0.15, 0.2) is 0 Å². The highest BCUT2D eigenvalue weighted by Gasteiger charge is 2.18. The third-order valence-corrected chi connectivity index (χ3v) is 4.37. The topological polar surface area (TPSA) is 66.4 Å². The molecule has 1 rings (SSSR count). The Bertz CT molecular complexity index is 434. The minimum atomic E-state index is -0.992. The van der Waals surface area contributed by atoms with E-state index < -0.39 is 5.97 Å². The van der Waals surface area contributed by atoms with Crippen molar-refractivity contribution in [2.24, 2.45) is 0 Å². The third kappa shape index (κ3) is 2.93. The van der Waals surface area contributed by atoms with Crippen molar-refractivity contribution < 1.29 is 14.7 Å². The molecule has 0 heterocycles. The number of carbonyl (C=O) groups excluding carboxylic acids is 1. The Morgan fingerprint density at radius 3 is 2.40 bits per heavy atom. The van der Waals surface area contributed by atoms with Gasteiger partial charge < -0.3 is 10.4 Å². The molecule has 0 bridgehead atoms. The highest BCUT2D eigenvalue weighted by Crippen LogP contribution is 2.31. The van der Waals surface area contributed by atoms with Crippen LogP contribution in [0.5, 0.6) is 0 Å². The van der Waals surface area contributed by atoms with Crippen LogP contribution >= 0.6 is 67.8 Å². The van der Waals surface area contributed by atoms with Gasteiger partial charge in [0.05, 0.1) is 14.8 Å². The predicted octanol–water partition coefficient (Wildman–Crippen LogP) is 2.77. The van der Waals surface area contributed by atoms with Gasteiger partial charge in [-0.25, -0.2) is 4.79 Å². The number of rotatable bonds is 3. The molecule has 0 saturated carbocycles. The van der Waals surface area contributed by atoms with Crippen molar-refractivity contribution in [1.82, 2.24) is 0 Å². The molecule has 0 atom stereocenters. The molecule has 1 aromatic carbocycles. The number of hydrogen-bond acceptors (Lipinski definition) is 2. The molecule has 0 saturated heterocycles. The number of aromatic carboxylic acids is 1. The molecule has 80 valence electrons. The second-order valence-electron chi connectivity index (χ2n) is 2.47. The maximum Gasteiger partial charge on any atom is 0.337 e. The fourth-order valence-electron chi connectivity index (χ4n) is 0.978. The number of halogens is 3.